The van der Waals surface area contributed by atoms with Gasteiger partial charge in [0.15, 0.2) is 0 Å². The number of nitrogens with two attached hydrogens (primary N) is 1. The fourth-order valence-electron chi connectivity index (χ4n) is 3.70. The average molecular weight is 451 g/mol. The van der Waals surface area contributed by atoms with Gasteiger partial charge in [0.05, 0.1) is 18.7 Å². The van der Waals surface area contributed by atoms with Crippen molar-refractivity contribution in [3.8, 4) is 0 Å². The number of amides is 1. The molecule has 32 heavy (non-hydrogen) atoms. The van der Waals surface area contributed by atoms with Gasteiger partial charge in [-0.1, -0.05) is 12.1 Å². The predicted molar refractivity (Wildman–Crippen MR) is 117 cm³/mol. The minimum atomic E-state index is -4.52. The molecule has 2 aromatic rings. The number of halogens is 3. The van der Waals surface area contributed by atoms with Gasteiger partial charge in [-0.25, -0.2) is 0 Å². The summed E-state index contributed by atoms with van der Waals surface area (Å²) in [6.45, 7) is 5.16. The third-order valence-electron chi connectivity index (χ3n) is 5.45. The first-order valence-corrected chi connectivity index (χ1v) is 10.6. The number of nitrogens with zero attached hydrogens (tertiary/aromatic N) is 3. The van der Waals surface area contributed by atoms with Gasteiger partial charge in [-0.3, -0.25) is 9.59 Å². The Hall–Kier alpha value is -2.69. The summed E-state index contributed by atoms with van der Waals surface area (Å²) in [6.07, 6.45) is -2.91. The van der Waals surface area contributed by atoms with Gasteiger partial charge in [0.1, 0.15) is 0 Å². The molecule has 1 aliphatic rings. The summed E-state index contributed by atoms with van der Waals surface area (Å²) in [5.74, 6) is -0.202. The van der Waals surface area contributed by atoms with E-state index in [9.17, 15) is 22.8 Å². The number of pyridine rings is 1. The second kappa shape index (κ2) is 10.8. The number of aromatic nitrogens is 1. The lowest BCUT2D eigenvalue weighted by Crippen LogP contribution is -2.45. The maximum absolute atomic E-state index is 12.9. The second-order valence-electron chi connectivity index (χ2n) is 7.74. The SMILES string of the molecule is NCC(=O)N(CCCN1CCNCC1)c1ccc(Cn2cc(C(F)(F)F)ccc2=O)cc1. The van der Waals surface area contributed by atoms with Crippen LogP contribution in [0.5, 0.6) is 0 Å². The highest BCUT2D eigenvalue weighted by Crippen LogP contribution is 2.28. The third-order valence-corrected chi connectivity index (χ3v) is 5.45. The number of piperazine rings is 1. The summed E-state index contributed by atoms with van der Waals surface area (Å²) < 4.78 is 39.8. The molecule has 3 N–H and O–H groups in total. The Morgan fingerprint density at radius 3 is 2.41 bits per heavy atom. The molecule has 0 radical (unpaired) electrons. The van der Waals surface area contributed by atoms with E-state index in [1.54, 1.807) is 29.2 Å². The number of hydrogen-bond donors (Lipinski definition) is 2. The zero-order valence-electron chi connectivity index (χ0n) is 17.8. The summed E-state index contributed by atoms with van der Waals surface area (Å²) in [7, 11) is 0. The van der Waals surface area contributed by atoms with E-state index in [0.717, 1.165) is 62.0 Å². The summed E-state index contributed by atoms with van der Waals surface area (Å²) in [5.41, 5.74) is 5.50. The van der Waals surface area contributed by atoms with Gasteiger partial charge < -0.3 is 25.4 Å². The van der Waals surface area contributed by atoms with E-state index in [4.69, 9.17) is 5.73 Å². The molecule has 1 saturated heterocycles. The molecular formula is C22H28F3N5O2. The van der Waals surface area contributed by atoms with Crippen LogP contribution in [0.15, 0.2) is 47.4 Å². The van der Waals surface area contributed by atoms with Crippen LogP contribution in [0.2, 0.25) is 0 Å². The van der Waals surface area contributed by atoms with Gasteiger partial charge in [-0.2, -0.15) is 13.2 Å². The molecule has 10 heteroatoms. The van der Waals surface area contributed by atoms with E-state index in [-0.39, 0.29) is 19.0 Å². The number of hydrogen-bond acceptors (Lipinski definition) is 5. The number of rotatable bonds is 8. The van der Waals surface area contributed by atoms with E-state index in [2.05, 4.69) is 10.2 Å². The van der Waals surface area contributed by atoms with Crippen molar-refractivity contribution in [1.29, 1.82) is 0 Å². The Labute approximate surface area is 184 Å². The Balaban J connectivity index is 1.67. The van der Waals surface area contributed by atoms with Crippen molar-refractivity contribution in [2.75, 3.05) is 50.7 Å². The van der Waals surface area contributed by atoms with E-state index in [0.29, 0.717) is 17.8 Å². The van der Waals surface area contributed by atoms with Crippen molar-refractivity contribution in [3.63, 3.8) is 0 Å². The third kappa shape index (κ3) is 6.41. The molecule has 0 spiro atoms. The maximum atomic E-state index is 12.9. The topological polar surface area (TPSA) is 83.6 Å². The van der Waals surface area contributed by atoms with Crippen LogP contribution in [-0.4, -0.2) is 61.2 Å². The first-order valence-electron chi connectivity index (χ1n) is 10.6. The Morgan fingerprint density at radius 1 is 1.09 bits per heavy atom. The van der Waals surface area contributed by atoms with Crippen molar-refractivity contribution >= 4 is 11.6 Å². The lowest BCUT2D eigenvalue weighted by molar-refractivity contribution is -0.138. The highest BCUT2D eigenvalue weighted by Gasteiger charge is 2.31. The number of carbonyl (C=O) groups excluding carboxylic acids is 1. The fraction of sp³-hybridized carbons (Fsp3) is 0.455. The minimum Gasteiger partial charge on any atom is -0.322 e. The van der Waals surface area contributed by atoms with Crippen molar-refractivity contribution in [2.45, 2.75) is 19.1 Å². The van der Waals surface area contributed by atoms with Crippen molar-refractivity contribution in [2.24, 2.45) is 5.73 Å². The largest absolute Gasteiger partial charge is 0.417 e. The molecule has 1 aromatic carbocycles. The molecule has 1 fully saturated rings. The smallest absolute Gasteiger partial charge is 0.322 e. The number of nitrogens with one attached hydrogen (secondary N) is 1. The molecule has 1 aliphatic heterocycles. The molecule has 2 heterocycles. The second-order valence-corrected chi connectivity index (χ2v) is 7.74. The Kier molecular flexibility index (Phi) is 8.05. The van der Waals surface area contributed by atoms with Crippen LogP contribution in [0, 0.1) is 0 Å². The summed E-state index contributed by atoms with van der Waals surface area (Å²) >= 11 is 0. The van der Waals surface area contributed by atoms with E-state index >= 15 is 0 Å². The molecule has 0 atom stereocenters. The Bertz CT molecular complexity index is 953. The highest BCUT2D eigenvalue weighted by molar-refractivity contribution is 5.94. The van der Waals surface area contributed by atoms with Crippen molar-refractivity contribution < 1.29 is 18.0 Å². The van der Waals surface area contributed by atoms with Crippen LogP contribution in [0.25, 0.3) is 0 Å². The first-order chi connectivity index (χ1) is 15.3. The first kappa shape index (κ1) is 24.0. The summed E-state index contributed by atoms with van der Waals surface area (Å²) in [5, 5.41) is 3.30. The quantitative estimate of drug-likeness (QED) is 0.636. The van der Waals surface area contributed by atoms with Gasteiger partial charge >= 0.3 is 6.18 Å². The number of alkyl halides is 3. The number of benzene rings is 1. The van der Waals surface area contributed by atoms with Crippen LogP contribution in [-0.2, 0) is 17.5 Å². The fourth-order valence-corrected chi connectivity index (χ4v) is 3.70. The van der Waals surface area contributed by atoms with Crippen LogP contribution >= 0.6 is 0 Å². The normalized spacial score (nSPS) is 15.0. The average Bonchev–Trinajstić information content (AvgIpc) is 2.78. The summed E-state index contributed by atoms with van der Waals surface area (Å²) in [4.78, 5) is 28.3. The lowest BCUT2D eigenvalue weighted by Gasteiger charge is -2.29. The van der Waals surface area contributed by atoms with E-state index in [1.165, 1.54) is 0 Å². The van der Waals surface area contributed by atoms with Gasteiger partial charge in [-0.15, -0.1) is 0 Å². The van der Waals surface area contributed by atoms with Crippen molar-refractivity contribution in [3.05, 3.63) is 64.1 Å². The Morgan fingerprint density at radius 2 is 1.78 bits per heavy atom. The molecule has 1 aromatic heterocycles. The van der Waals surface area contributed by atoms with Gasteiger partial charge in [0, 0.05) is 50.7 Å². The monoisotopic (exact) mass is 451 g/mol. The molecular weight excluding hydrogens is 423 g/mol. The molecule has 0 unspecified atom stereocenters. The van der Waals surface area contributed by atoms with Crippen LogP contribution in [0.1, 0.15) is 17.5 Å². The van der Waals surface area contributed by atoms with Gasteiger partial charge in [0.2, 0.25) is 5.91 Å². The molecule has 0 bridgehead atoms. The van der Waals surface area contributed by atoms with Gasteiger partial charge in [0.25, 0.3) is 5.56 Å². The van der Waals surface area contributed by atoms with Crippen LogP contribution < -0.4 is 21.5 Å². The molecule has 7 nitrogen and oxygen atoms in total. The van der Waals surface area contributed by atoms with E-state index < -0.39 is 17.3 Å². The summed E-state index contributed by atoms with van der Waals surface area (Å²) in [6, 6.07) is 8.55. The number of anilines is 1. The molecule has 174 valence electrons. The molecule has 1 amide bonds. The number of carbonyl (C=O) groups is 1. The standard InChI is InChI=1S/C22H28F3N5O2/c23-22(24,25)18-4-7-20(31)29(16-18)15-17-2-5-19(6-3-17)30(21(32)14-26)11-1-10-28-12-8-27-9-13-28/h2-7,16,27H,1,8-15,26H2. The van der Waals surface area contributed by atoms with Crippen LogP contribution in [0.3, 0.4) is 0 Å². The molecule has 3 rings (SSSR count). The maximum Gasteiger partial charge on any atom is 0.417 e. The van der Waals surface area contributed by atoms with Crippen molar-refractivity contribution in [1.82, 2.24) is 14.8 Å². The minimum absolute atomic E-state index is 0.00311. The zero-order valence-corrected chi connectivity index (χ0v) is 17.8. The lowest BCUT2D eigenvalue weighted by atomic mass is 10.1. The molecule has 0 saturated carbocycles. The highest BCUT2D eigenvalue weighted by atomic mass is 19.4. The van der Waals surface area contributed by atoms with E-state index in [1.807, 2.05) is 0 Å². The van der Waals surface area contributed by atoms with Gasteiger partial charge in [-0.05, 0) is 36.7 Å². The molecule has 0 aliphatic carbocycles. The predicted octanol–water partition coefficient (Wildman–Crippen LogP) is 1.50. The zero-order chi connectivity index (χ0) is 23.1. The van der Waals surface area contributed by atoms with Crippen LogP contribution in [0.4, 0.5) is 18.9 Å².